The number of amides is 1. The Balaban J connectivity index is 1.59. The summed E-state index contributed by atoms with van der Waals surface area (Å²) in [6.07, 6.45) is 2.34. The van der Waals surface area contributed by atoms with Crippen molar-refractivity contribution in [3.8, 4) is 21.6 Å². The number of ether oxygens (including phenoxy) is 1. The fourth-order valence-electron chi connectivity index (χ4n) is 4.87. The van der Waals surface area contributed by atoms with E-state index in [2.05, 4.69) is 20.1 Å². The second-order valence-electron chi connectivity index (χ2n) is 11.8. The molecule has 1 amide bonds. The van der Waals surface area contributed by atoms with Crippen molar-refractivity contribution in [2.24, 2.45) is 0 Å². The van der Waals surface area contributed by atoms with Crippen molar-refractivity contribution in [2.45, 2.75) is 102 Å². The quantitative estimate of drug-likeness (QED) is 0.296. The van der Waals surface area contributed by atoms with Crippen molar-refractivity contribution in [3.05, 3.63) is 41.8 Å². The second kappa shape index (κ2) is 12.3. The number of hydrogen-bond acceptors (Lipinski definition) is 7. The van der Waals surface area contributed by atoms with E-state index in [1.54, 1.807) is 52.9 Å². The summed E-state index contributed by atoms with van der Waals surface area (Å²) in [5.74, 6) is 0.175. The van der Waals surface area contributed by atoms with E-state index in [9.17, 15) is 26.4 Å². The third-order valence-electron chi connectivity index (χ3n) is 6.55. The van der Waals surface area contributed by atoms with Crippen molar-refractivity contribution in [1.82, 2.24) is 24.8 Å². The van der Waals surface area contributed by atoms with Gasteiger partial charge in [0.25, 0.3) is 0 Å². The van der Waals surface area contributed by atoms with Crippen LogP contribution in [0.2, 0.25) is 0 Å². The Morgan fingerprint density at radius 3 is 2.43 bits per heavy atom. The van der Waals surface area contributed by atoms with E-state index in [-0.39, 0.29) is 23.0 Å². The van der Waals surface area contributed by atoms with Crippen LogP contribution in [0.3, 0.4) is 0 Å². The standard InChI is InChI=1S/C28H36F3N5O4S2/c1-17(2)40-26(37)34-21-9-6-18(7-10-21)25-32-14-23(41-25)22-11-8-19(12-24(22)42(38,39)35-27(3,4)5)20-13-33-36(15-20)16-28(29,30)31/h8,11-15,17-18,21,35H,6-7,9-10,16H2,1-5H3,(H,34,37). The lowest BCUT2D eigenvalue weighted by Gasteiger charge is -2.28. The molecular weight excluding hydrogens is 591 g/mol. The molecule has 0 saturated heterocycles. The molecule has 0 spiro atoms. The highest BCUT2D eigenvalue weighted by Gasteiger charge is 2.30. The summed E-state index contributed by atoms with van der Waals surface area (Å²) >= 11 is 1.42. The molecule has 0 atom stereocenters. The van der Waals surface area contributed by atoms with Crippen LogP contribution in [0.25, 0.3) is 21.6 Å². The van der Waals surface area contributed by atoms with Crippen LogP contribution < -0.4 is 10.0 Å². The Kier molecular flexibility index (Phi) is 9.38. The number of carbonyl (C=O) groups excluding carboxylic acids is 1. The molecule has 0 unspecified atom stereocenters. The van der Waals surface area contributed by atoms with Gasteiger partial charge in [-0.2, -0.15) is 18.3 Å². The molecule has 1 aliphatic rings. The van der Waals surface area contributed by atoms with Gasteiger partial charge in [0, 0.05) is 41.0 Å². The summed E-state index contributed by atoms with van der Waals surface area (Å²) in [6.45, 7) is 7.54. The van der Waals surface area contributed by atoms with Crippen molar-refractivity contribution in [1.29, 1.82) is 0 Å². The third kappa shape index (κ3) is 8.54. The van der Waals surface area contributed by atoms with Crippen molar-refractivity contribution in [3.63, 3.8) is 0 Å². The van der Waals surface area contributed by atoms with E-state index >= 15 is 0 Å². The number of nitrogens with one attached hydrogen (secondary N) is 2. The van der Waals surface area contributed by atoms with Crippen molar-refractivity contribution < 1.29 is 31.1 Å². The molecule has 230 valence electrons. The van der Waals surface area contributed by atoms with Gasteiger partial charge in [-0.1, -0.05) is 12.1 Å². The number of hydrogen-bond donors (Lipinski definition) is 2. The number of alkyl carbamates (subject to hydrolysis) is 1. The highest BCUT2D eigenvalue weighted by atomic mass is 32.2. The normalized spacial score (nSPS) is 18.3. The Morgan fingerprint density at radius 1 is 1.12 bits per heavy atom. The van der Waals surface area contributed by atoms with E-state index < -0.39 is 34.4 Å². The van der Waals surface area contributed by atoms with Gasteiger partial charge in [-0.25, -0.2) is 22.9 Å². The van der Waals surface area contributed by atoms with Gasteiger partial charge in [-0.15, -0.1) is 11.3 Å². The summed E-state index contributed by atoms with van der Waals surface area (Å²) in [5.41, 5.74) is 0.476. The predicted octanol–water partition coefficient (Wildman–Crippen LogP) is 6.47. The first-order valence-electron chi connectivity index (χ1n) is 13.7. The largest absolute Gasteiger partial charge is 0.447 e. The minimum atomic E-state index is -4.43. The van der Waals surface area contributed by atoms with Crippen molar-refractivity contribution >= 4 is 27.5 Å². The van der Waals surface area contributed by atoms with Gasteiger partial charge in [0.15, 0.2) is 0 Å². The Bertz CT molecular complexity index is 1500. The Morgan fingerprint density at radius 2 is 1.81 bits per heavy atom. The van der Waals surface area contributed by atoms with Gasteiger partial charge >= 0.3 is 12.3 Å². The van der Waals surface area contributed by atoms with E-state index in [0.29, 0.717) is 21.6 Å². The molecule has 1 fully saturated rings. The molecule has 1 aliphatic carbocycles. The van der Waals surface area contributed by atoms with E-state index in [1.807, 2.05) is 0 Å². The summed E-state index contributed by atoms with van der Waals surface area (Å²) in [4.78, 5) is 17.3. The monoisotopic (exact) mass is 627 g/mol. The van der Waals surface area contributed by atoms with E-state index in [0.717, 1.165) is 35.4 Å². The van der Waals surface area contributed by atoms with Gasteiger partial charge < -0.3 is 10.1 Å². The molecule has 42 heavy (non-hydrogen) atoms. The third-order valence-corrected chi connectivity index (χ3v) is 9.54. The molecule has 1 aromatic carbocycles. The molecule has 3 aromatic rings. The molecule has 0 bridgehead atoms. The number of carbonyl (C=O) groups is 1. The number of sulfonamides is 1. The van der Waals surface area contributed by atoms with Gasteiger partial charge in [0.05, 0.1) is 27.1 Å². The van der Waals surface area contributed by atoms with Crippen LogP contribution in [0.4, 0.5) is 18.0 Å². The molecule has 14 heteroatoms. The Hall–Kier alpha value is -2.97. The molecule has 0 radical (unpaired) electrons. The fraction of sp³-hybridized carbons (Fsp3) is 0.536. The van der Waals surface area contributed by atoms with Crippen LogP contribution in [0.5, 0.6) is 0 Å². The number of nitrogens with zero attached hydrogens (tertiary/aromatic N) is 3. The molecule has 0 aliphatic heterocycles. The number of aromatic nitrogens is 3. The maximum atomic E-state index is 13.6. The predicted molar refractivity (Wildman–Crippen MR) is 155 cm³/mol. The lowest BCUT2D eigenvalue weighted by Crippen LogP contribution is -2.40. The first-order chi connectivity index (χ1) is 19.5. The molecule has 1 saturated carbocycles. The highest BCUT2D eigenvalue weighted by Crippen LogP contribution is 2.40. The number of halogens is 3. The smallest absolute Gasteiger partial charge is 0.408 e. The SMILES string of the molecule is CC(C)OC(=O)NC1CCC(c2ncc(-c3ccc(-c4cnn(CC(F)(F)F)c4)cc3S(=O)(=O)NC(C)(C)C)s2)CC1. The maximum Gasteiger partial charge on any atom is 0.408 e. The van der Waals surface area contributed by atoms with Crippen LogP contribution in [-0.2, 0) is 21.3 Å². The lowest BCUT2D eigenvalue weighted by atomic mass is 9.86. The van der Waals surface area contributed by atoms with Gasteiger partial charge in [0.2, 0.25) is 10.0 Å². The van der Waals surface area contributed by atoms with Crippen LogP contribution in [0, 0.1) is 0 Å². The Labute approximate surface area is 247 Å². The molecule has 4 rings (SSSR count). The summed E-state index contributed by atoms with van der Waals surface area (Å²) in [5, 5.41) is 7.59. The number of thiazole rings is 1. The molecule has 9 nitrogen and oxygen atoms in total. The maximum absolute atomic E-state index is 13.6. The minimum Gasteiger partial charge on any atom is -0.447 e. The zero-order valence-corrected chi connectivity index (χ0v) is 25.8. The summed E-state index contributed by atoms with van der Waals surface area (Å²) < 4.78 is 74.3. The lowest BCUT2D eigenvalue weighted by molar-refractivity contribution is -0.142. The average molecular weight is 628 g/mol. The zero-order valence-electron chi connectivity index (χ0n) is 24.2. The number of alkyl halides is 3. The van der Waals surface area contributed by atoms with Crippen LogP contribution >= 0.6 is 11.3 Å². The average Bonchev–Trinajstić information content (AvgIpc) is 3.51. The summed E-state index contributed by atoms with van der Waals surface area (Å²) in [7, 11) is -4.02. The second-order valence-corrected chi connectivity index (χ2v) is 14.5. The number of benzene rings is 1. The molecular formula is C28H36F3N5O4S2. The minimum absolute atomic E-state index is 0.00488. The van der Waals surface area contributed by atoms with Gasteiger partial charge in [-0.3, -0.25) is 4.68 Å². The van der Waals surface area contributed by atoms with Crippen molar-refractivity contribution in [2.75, 3.05) is 0 Å². The summed E-state index contributed by atoms with van der Waals surface area (Å²) in [6, 6.07) is 4.82. The topological polar surface area (TPSA) is 115 Å². The van der Waals surface area contributed by atoms with E-state index in [4.69, 9.17) is 4.74 Å². The zero-order chi connectivity index (χ0) is 30.9. The van der Waals surface area contributed by atoms with Gasteiger partial charge in [-0.05, 0) is 71.9 Å². The van der Waals surface area contributed by atoms with Crippen LogP contribution in [0.15, 0.2) is 41.7 Å². The van der Waals surface area contributed by atoms with Crippen LogP contribution in [-0.4, -0.2) is 53.1 Å². The van der Waals surface area contributed by atoms with Gasteiger partial charge in [0.1, 0.15) is 6.54 Å². The first-order valence-corrected chi connectivity index (χ1v) is 16.0. The molecule has 2 N–H and O–H groups in total. The highest BCUT2D eigenvalue weighted by molar-refractivity contribution is 7.89. The first kappa shape index (κ1) is 32.0. The molecule has 2 heterocycles. The van der Waals surface area contributed by atoms with Crippen LogP contribution in [0.1, 0.15) is 71.2 Å². The molecule has 2 aromatic heterocycles. The fourth-order valence-corrected chi connectivity index (χ4v) is 7.73. The number of rotatable bonds is 8. The van der Waals surface area contributed by atoms with E-state index in [1.165, 1.54) is 29.8 Å².